The molecule has 2 rings (SSSR count). The maximum absolute atomic E-state index is 12.6. The van der Waals surface area contributed by atoms with Gasteiger partial charge in [0.2, 0.25) is 0 Å². The molecular formula is C42H76N2O5. The number of nitrogens with zero attached hydrogens (tertiary/aromatic N) is 2. The van der Waals surface area contributed by atoms with Crippen molar-refractivity contribution >= 4 is 5.97 Å². The summed E-state index contributed by atoms with van der Waals surface area (Å²) in [7, 11) is 0. The Bertz CT molecular complexity index is 905. The largest absolute Gasteiger partial charge is 0.493 e. The molecule has 0 saturated carbocycles. The van der Waals surface area contributed by atoms with E-state index >= 15 is 0 Å². The summed E-state index contributed by atoms with van der Waals surface area (Å²) in [6.45, 7) is 12.0. The van der Waals surface area contributed by atoms with Crippen LogP contribution in [0, 0.1) is 0 Å². The molecule has 1 aromatic rings. The number of piperazine rings is 1. The van der Waals surface area contributed by atoms with Crippen LogP contribution in [0.5, 0.6) is 11.5 Å². The van der Waals surface area contributed by atoms with E-state index in [1.165, 1.54) is 122 Å². The van der Waals surface area contributed by atoms with E-state index in [1.54, 1.807) is 0 Å². The fourth-order valence-electron chi connectivity index (χ4n) is 6.68. The molecule has 49 heavy (non-hydrogen) atoms. The second kappa shape index (κ2) is 30.9. The third kappa shape index (κ3) is 24.1. The number of benzene rings is 1. The van der Waals surface area contributed by atoms with Crippen LogP contribution < -0.4 is 9.47 Å². The lowest BCUT2D eigenvalue weighted by molar-refractivity contribution is -0.145. The van der Waals surface area contributed by atoms with E-state index in [1.807, 2.05) is 18.2 Å². The summed E-state index contributed by atoms with van der Waals surface area (Å²) in [6.07, 6.45) is 28.8. The molecule has 0 spiro atoms. The van der Waals surface area contributed by atoms with Gasteiger partial charge in [-0.2, -0.15) is 0 Å². The summed E-state index contributed by atoms with van der Waals surface area (Å²) in [6, 6.07) is 6.01. The van der Waals surface area contributed by atoms with Gasteiger partial charge in [-0.1, -0.05) is 136 Å². The molecule has 1 heterocycles. The van der Waals surface area contributed by atoms with Crippen molar-refractivity contribution in [2.75, 3.05) is 59.1 Å². The number of esters is 1. The Kier molecular flexibility index (Phi) is 27.4. The van der Waals surface area contributed by atoms with E-state index in [-0.39, 0.29) is 19.2 Å². The molecule has 1 aliphatic heterocycles. The van der Waals surface area contributed by atoms with Gasteiger partial charge in [0.15, 0.2) is 0 Å². The predicted octanol–water partition coefficient (Wildman–Crippen LogP) is 10.1. The number of carbonyl (C=O) groups is 1. The molecule has 0 bridgehead atoms. The highest BCUT2D eigenvalue weighted by molar-refractivity contribution is 5.69. The summed E-state index contributed by atoms with van der Waals surface area (Å²) in [5.74, 6) is 1.45. The fourth-order valence-corrected chi connectivity index (χ4v) is 6.68. The lowest BCUT2D eigenvalue weighted by atomic mass is 10.1. The number of hydrogen-bond donors (Lipinski definition) is 1. The molecule has 1 saturated heterocycles. The van der Waals surface area contributed by atoms with Crippen molar-refractivity contribution in [3.05, 3.63) is 23.8 Å². The van der Waals surface area contributed by atoms with Gasteiger partial charge < -0.3 is 24.2 Å². The lowest BCUT2D eigenvalue weighted by Crippen LogP contribution is -2.47. The topological polar surface area (TPSA) is 71.5 Å². The minimum atomic E-state index is -0.154. The Morgan fingerprint density at radius 1 is 0.571 bits per heavy atom. The Morgan fingerprint density at radius 2 is 0.980 bits per heavy atom. The Hall–Kier alpha value is -1.83. The van der Waals surface area contributed by atoms with Crippen molar-refractivity contribution in [1.82, 2.24) is 9.80 Å². The van der Waals surface area contributed by atoms with Crippen LogP contribution in [0.2, 0.25) is 0 Å². The van der Waals surface area contributed by atoms with Crippen LogP contribution in [0.1, 0.15) is 167 Å². The molecule has 7 heteroatoms. The Morgan fingerprint density at radius 3 is 1.41 bits per heavy atom. The SMILES string of the molecule is CCCCCCCCCCCCCCOc1cc(COC(=O)CCCN2CCN(CCO)CC2)cc(OCCCCCCCCCCC)c1. The van der Waals surface area contributed by atoms with Crippen LogP contribution in [0.4, 0.5) is 0 Å². The van der Waals surface area contributed by atoms with Gasteiger partial charge in [-0.05, 0) is 43.5 Å². The lowest BCUT2D eigenvalue weighted by Gasteiger charge is -2.34. The molecule has 0 aliphatic carbocycles. The highest BCUT2D eigenvalue weighted by Crippen LogP contribution is 2.25. The quantitative estimate of drug-likeness (QED) is 0.0582. The number of ether oxygens (including phenoxy) is 3. The molecule has 1 N–H and O–H groups in total. The van der Waals surface area contributed by atoms with E-state index < -0.39 is 0 Å². The first kappa shape index (κ1) is 43.3. The Balaban J connectivity index is 1.70. The molecule has 284 valence electrons. The number of unbranched alkanes of at least 4 members (excludes halogenated alkanes) is 19. The maximum Gasteiger partial charge on any atom is 0.306 e. The van der Waals surface area contributed by atoms with Gasteiger partial charge in [0.1, 0.15) is 18.1 Å². The highest BCUT2D eigenvalue weighted by Gasteiger charge is 2.16. The van der Waals surface area contributed by atoms with Crippen LogP contribution >= 0.6 is 0 Å². The molecule has 0 unspecified atom stereocenters. The normalized spacial score (nSPS) is 13.9. The second-order valence-electron chi connectivity index (χ2n) is 14.4. The van der Waals surface area contributed by atoms with Crippen molar-refractivity contribution in [2.24, 2.45) is 0 Å². The van der Waals surface area contributed by atoms with Gasteiger partial charge in [0, 0.05) is 45.2 Å². The van der Waals surface area contributed by atoms with Gasteiger partial charge in [-0.3, -0.25) is 9.69 Å². The van der Waals surface area contributed by atoms with Crippen LogP contribution in [0.15, 0.2) is 18.2 Å². The molecule has 7 nitrogen and oxygen atoms in total. The monoisotopic (exact) mass is 689 g/mol. The average molecular weight is 689 g/mol. The van der Waals surface area contributed by atoms with Crippen LogP contribution in [0.3, 0.4) is 0 Å². The minimum Gasteiger partial charge on any atom is -0.493 e. The minimum absolute atomic E-state index is 0.154. The first-order valence-corrected chi connectivity index (χ1v) is 20.7. The molecule has 0 radical (unpaired) electrons. The summed E-state index contributed by atoms with van der Waals surface area (Å²) in [5.41, 5.74) is 0.919. The highest BCUT2D eigenvalue weighted by atomic mass is 16.5. The molecule has 0 amide bonds. The molecular weight excluding hydrogens is 612 g/mol. The second-order valence-corrected chi connectivity index (χ2v) is 14.4. The van der Waals surface area contributed by atoms with Crippen molar-refractivity contribution in [2.45, 2.75) is 168 Å². The van der Waals surface area contributed by atoms with Gasteiger partial charge in [-0.25, -0.2) is 0 Å². The van der Waals surface area contributed by atoms with Gasteiger partial charge in [0.25, 0.3) is 0 Å². The molecule has 1 aromatic carbocycles. The van der Waals surface area contributed by atoms with Crippen molar-refractivity contribution in [1.29, 1.82) is 0 Å². The number of aliphatic hydroxyl groups is 1. The van der Waals surface area contributed by atoms with Crippen LogP contribution in [-0.2, 0) is 16.1 Å². The first-order chi connectivity index (χ1) is 24.1. The van der Waals surface area contributed by atoms with E-state index in [0.717, 1.165) is 75.6 Å². The predicted molar refractivity (Wildman–Crippen MR) is 205 cm³/mol. The zero-order valence-electron chi connectivity index (χ0n) is 32.0. The number of β-amino-alcohol motifs (C(OH)–C–C–N with tert-alkyl or cyclic N) is 1. The summed E-state index contributed by atoms with van der Waals surface area (Å²) in [5, 5.41) is 9.15. The van der Waals surface area contributed by atoms with Gasteiger partial charge >= 0.3 is 5.97 Å². The fraction of sp³-hybridized carbons (Fsp3) is 0.833. The third-order valence-corrected chi connectivity index (χ3v) is 9.86. The summed E-state index contributed by atoms with van der Waals surface area (Å²) >= 11 is 0. The van der Waals surface area contributed by atoms with E-state index in [9.17, 15) is 4.79 Å². The first-order valence-electron chi connectivity index (χ1n) is 20.7. The van der Waals surface area contributed by atoms with Crippen LogP contribution in [-0.4, -0.2) is 80.0 Å². The smallest absolute Gasteiger partial charge is 0.306 e. The van der Waals surface area contributed by atoms with Gasteiger partial charge in [-0.15, -0.1) is 0 Å². The van der Waals surface area contributed by atoms with E-state index in [4.69, 9.17) is 19.3 Å². The van der Waals surface area contributed by atoms with Gasteiger partial charge in [0.05, 0.1) is 19.8 Å². The average Bonchev–Trinajstić information content (AvgIpc) is 3.11. The number of aliphatic hydroxyl groups excluding tert-OH is 1. The number of rotatable bonds is 33. The molecule has 1 fully saturated rings. The molecule has 1 aliphatic rings. The van der Waals surface area contributed by atoms with Crippen LogP contribution in [0.25, 0.3) is 0 Å². The maximum atomic E-state index is 12.6. The standard InChI is InChI=1S/C42H76N2O5/c1-3-5-7-9-11-13-14-15-17-19-21-23-34-48-41-36-39(35-40(37-41)47-33-22-20-18-16-12-10-8-6-4-2)38-49-42(46)25-24-26-43-27-29-44(30-28-43)31-32-45/h35-37,45H,3-34,38H2,1-2H3. The van der Waals surface area contributed by atoms with E-state index in [0.29, 0.717) is 19.6 Å². The van der Waals surface area contributed by atoms with E-state index in [2.05, 4.69) is 23.6 Å². The third-order valence-electron chi connectivity index (χ3n) is 9.86. The number of carbonyl (C=O) groups excluding carboxylic acids is 1. The summed E-state index contributed by atoms with van der Waals surface area (Å²) < 4.78 is 18.1. The molecule has 0 aromatic heterocycles. The van der Waals surface area contributed by atoms with Crippen molar-refractivity contribution in [3.63, 3.8) is 0 Å². The number of hydrogen-bond acceptors (Lipinski definition) is 7. The summed E-state index contributed by atoms with van der Waals surface area (Å²) in [4.78, 5) is 17.3. The van der Waals surface area contributed by atoms with Crippen molar-refractivity contribution in [3.8, 4) is 11.5 Å². The zero-order valence-corrected chi connectivity index (χ0v) is 32.0. The van der Waals surface area contributed by atoms with Crippen molar-refractivity contribution < 1.29 is 24.1 Å². The zero-order chi connectivity index (χ0) is 35.0. The molecule has 0 atom stereocenters. The Labute approximate surface area is 301 Å².